The summed E-state index contributed by atoms with van der Waals surface area (Å²) >= 11 is 0. The summed E-state index contributed by atoms with van der Waals surface area (Å²) in [6.07, 6.45) is 3.32. The van der Waals surface area contributed by atoms with Gasteiger partial charge in [0.1, 0.15) is 0 Å². The number of carbonyl (C=O) groups is 2. The zero-order valence-corrected chi connectivity index (χ0v) is 18.6. The normalized spacial score (nSPS) is 10.7. The van der Waals surface area contributed by atoms with E-state index in [9.17, 15) is 9.59 Å². The van der Waals surface area contributed by atoms with Crippen molar-refractivity contribution in [2.45, 2.75) is 33.1 Å². The maximum absolute atomic E-state index is 12.0. The van der Waals surface area contributed by atoms with E-state index in [1.807, 2.05) is 62.5 Å². The number of nitrogens with one attached hydrogen (secondary N) is 2. The lowest BCUT2D eigenvalue weighted by Crippen LogP contribution is -2.30. The fourth-order valence-electron chi connectivity index (χ4n) is 3.44. The van der Waals surface area contributed by atoms with Gasteiger partial charge in [-0.1, -0.05) is 24.3 Å². The highest BCUT2D eigenvalue weighted by Gasteiger charge is 2.11. The summed E-state index contributed by atoms with van der Waals surface area (Å²) in [6.45, 7) is 5.12. The molecule has 0 aliphatic rings. The number of hydrogen-bond acceptors (Lipinski definition) is 5. The molecular weight excluding hydrogens is 408 g/mol. The number of aryl methyl sites for hydroxylation is 1. The smallest absolute Gasteiger partial charge is 0.306 e. The first-order valence-corrected chi connectivity index (χ1v) is 11.0. The number of benzene rings is 2. The molecule has 1 heterocycles. The molecule has 0 saturated carbocycles. The SMILES string of the molecule is CCOc1ccc(CCNC(=O)COC(=O)CCc2c[nH]c3ccccc23)cc1OCC. The van der Waals surface area contributed by atoms with Crippen LogP contribution in [-0.2, 0) is 27.2 Å². The van der Waals surface area contributed by atoms with Crippen molar-refractivity contribution in [1.82, 2.24) is 10.3 Å². The van der Waals surface area contributed by atoms with Gasteiger partial charge >= 0.3 is 5.97 Å². The quantitative estimate of drug-likeness (QED) is 0.420. The van der Waals surface area contributed by atoms with Crippen LogP contribution in [0.1, 0.15) is 31.4 Å². The molecule has 0 radical (unpaired) electrons. The molecule has 0 spiro atoms. The van der Waals surface area contributed by atoms with E-state index in [0.717, 1.165) is 22.0 Å². The first-order chi connectivity index (χ1) is 15.6. The summed E-state index contributed by atoms with van der Waals surface area (Å²) in [5, 5.41) is 3.88. The van der Waals surface area contributed by atoms with Crippen molar-refractivity contribution in [3.63, 3.8) is 0 Å². The standard InChI is InChI=1S/C25H30N2O5/c1-3-30-22-11-9-18(15-23(22)31-4-2)13-14-26-24(28)17-32-25(29)12-10-19-16-27-21-8-6-5-7-20(19)21/h5-9,11,15-16,27H,3-4,10,12-14,17H2,1-2H3,(H,26,28). The van der Waals surface area contributed by atoms with Crippen molar-refractivity contribution in [2.75, 3.05) is 26.4 Å². The Morgan fingerprint density at radius 2 is 1.75 bits per heavy atom. The van der Waals surface area contributed by atoms with Crippen LogP contribution in [0.4, 0.5) is 0 Å². The summed E-state index contributed by atoms with van der Waals surface area (Å²) in [6, 6.07) is 13.7. The maximum atomic E-state index is 12.0. The Kier molecular flexibility index (Phi) is 8.54. The predicted molar refractivity (Wildman–Crippen MR) is 123 cm³/mol. The fourth-order valence-corrected chi connectivity index (χ4v) is 3.44. The van der Waals surface area contributed by atoms with Crippen molar-refractivity contribution < 1.29 is 23.8 Å². The van der Waals surface area contributed by atoms with Crippen LogP contribution in [0.25, 0.3) is 10.9 Å². The van der Waals surface area contributed by atoms with Crippen LogP contribution in [-0.4, -0.2) is 43.2 Å². The Morgan fingerprint density at radius 3 is 2.56 bits per heavy atom. The van der Waals surface area contributed by atoms with Gasteiger partial charge in [0.05, 0.1) is 13.2 Å². The zero-order valence-electron chi connectivity index (χ0n) is 18.6. The van der Waals surface area contributed by atoms with E-state index in [0.29, 0.717) is 44.1 Å². The minimum absolute atomic E-state index is 0.224. The van der Waals surface area contributed by atoms with Crippen LogP contribution in [0.15, 0.2) is 48.7 Å². The number of rotatable bonds is 12. The summed E-state index contributed by atoms with van der Waals surface area (Å²) < 4.78 is 16.3. The largest absolute Gasteiger partial charge is 0.490 e. The van der Waals surface area contributed by atoms with Crippen LogP contribution in [0.2, 0.25) is 0 Å². The third kappa shape index (κ3) is 6.51. The van der Waals surface area contributed by atoms with Gasteiger partial charge in [-0.2, -0.15) is 0 Å². The number of ether oxygens (including phenoxy) is 3. The van der Waals surface area contributed by atoms with Crippen LogP contribution >= 0.6 is 0 Å². The van der Waals surface area contributed by atoms with Crippen molar-refractivity contribution in [2.24, 2.45) is 0 Å². The monoisotopic (exact) mass is 438 g/mol. The van der Waals surface area contributed by atoms with Gasteiger partial charge < -0.3 is 24.5 Å². The molecule has 7 heteroatoms. The van der Waals surface area contributed by atoms with Crippen molar-refractivity contribution in [3.05, 3.63) is 59.8 Å². The predicted octanol–water partition coefficient (Wildman–Crippen LogP) is 3.80. The average molecular weight is 439 g/mol. The van der Waals surface area contributed by atoms with Crippen molar-refractivity contribution >= 4 is 22.8 Å². The number of carbonyl (C=O) groups excluding carboxylic acids is 2. The number of para-hydroxylation sites is 1. The molecule has 170 valence electrons. The molecule has 0 atom stereocenters. The average Bonchev–Trinajstić information content (AvgIpc) is 3.21. The number of esters is 1. The van der Waals surface area contributed by atoms with E-state index < -0.39 is 5.97 Å². The second-order valence-corrected chi connectivity index (χ2v) is 7.27. The molecule has 7 nitrogen and oxygen atoms in total. The van der Waals surface area contributed by atoms with Gasteiger partial charge in [-0.25, -0.2) is 0 Å². The maximum Gasteiger partial charge on any atom is 0.306 e. The van der Waals surface area contributed by atoms with Crippen LogP contribution < -0.4 is 14.8 Å². The minimum atomic E-state index is -0.390. The van der Waals surface area contributed by atoms with Gasteiger partial charge in [-0.3, -0.25) is 9.59 Å². The first-order valence-electron chi connectivity index (χ1n) is 11.0. The highest BCUT2D eigenvalue weighted by molar-refractivity contribution is 5.84. The molecule has 1 aromatic heterocycles. The molecule has 0 bridgehead atoms. The Hall–Kier alpha value is -3.48. The molecule has 32 heavy (non-hydrogen) atoms. The van der Waals surface area contributed by atoms with Gasteiger partial charge in [0.2, 0.25) is 0 Å². The molecule has 1 amide bonds. The van der Waals surface area contributed by atoms with E-state index in [1.54, 1.807) is 0 Å². The van der Waals surface area contributed by atoms with E-state index in [1.165, 1.54) is 0 Å². The number of H-pyrrole nitrogens is 1. The Balaban J connectivity index is 1.37. The molecule has 2 aromatic carbocycles. The van der Waals surface area contributed by atoms with Gasteiger partial charge in [-0.05, 0) is 56.0 Å². The molecule has 2 N–H and O–H groups in total. The lowest BCUT2D eigenvalue weighted by molar-refractivity contribution is -0.148. The van der Waals surface area contributed by atoms with Crippen LogP contribution in [0.3, 0.4) is 0 Å². The number of fused-ring (bicyclic) bond motifs is 1. The summed E-state index contributed by atoms with van der Waals surface area (Å²) in [5.74, 6) is 0.698. The Morgan fingerprint density at radius 1 is 0.969 bits per heavy atom. The molecular formula is C25H30N2O5. The van der Waals surface area contributed by atoms with Crippen molar-refractivity contribution in [3.8, 4) is 11.5 Å². The van der Waals surface area contributed by atoms with E-state index >= 15 is 0 Å². The lowest BCUT2D eigenvalue weighted by atomic mass is 10.1. The topological polar surface area (TPSA) is 89.6 Å². The second kappa shape index (κ2) is 11.8. The van der Waals surface area contributed by atoms with Crippen LogP contribution in [0, 0.1) is 0 Å². The number of hydrogen-bond donors (Lipinski definition) is 2. The summed E-state index contributed by atoms with van der Waals surface area (Å²) in [5.41, 5.74) is 3.12. The molecule has 3 rings (SSSR count). The Bertz CT molecular complexity index is 1040. The number of aromatic amines is 1. The zero-order chi connectivity index (χ0) is 22.8. The molecule has 3 aromatic rings. The van der Waals surface area contributed by atoms with Gasteiger partial charge in [0, 0.05) is 30.1 Å². The van der Waals surface area contributed by atoms with Gasteiger partial charge in [0.15, 0.2) is 18.1 Å². The van der Waals surface area contributed by atoms with E-state index in [4.69, 9.17) is 14.2 Å². The molecule has 0 unspecified atom stereocenters. The summed E-state index contributed by atoms with van der Waals surface area (Å²) in [7, 11) is 0. The molecule has 0 saturated heterocycles. The lowest BCUT2D eigenvalue weighted by Gasteiger charge is -2.12. The van der Waals surface area contributed by atoms with E-state index in [-0.39, 0.29) is 18.9 Å². The molecule has 0 aliphatic carbocycles. The Labute approximate surface area is 188 Å². The number of amides is 1. The molecule has 0 aliphatic heterocycles. The summed E-state index contributed by atoms with van der Waals surface area (Å²) in [4.78, 5) is 27.2. The van der Waals surface area contributed by atoms with Crippen molar-refractivity contribution in [1.29, 1.82) is 0 Å². The highest BCUT2D eigenvalue weighted by atomic mass is 16.5. The second-order valence-electron chi connectivity index (χ2n) is 7.27. The van der Waals surface area contributed by atoms with Gasteiger partial charge in [-0.15, -0.1) is 0 Å². The van der Waals surface area contributed by atoms with Crippen LogP contribution in [0.5, 0.6) is 11.5 Å². The highest BCUT2D eigenvalue weighted by Crippen LogP contribution is 2.28. The third-order valence-corrected chi connectivity index (χ3v) is 4.98. The molecule has 0 fully saturated rings. The third-order valence-electron chi connectivity index (χ3n) is 4.98. The van der Waals surface area contributed by atoms with E-state index in [2.05, 4.69) is 10.3 Å². The fraction of sp³-hybridized carbons (Fsp3) is 0.360. The minimum Gasteiger partial charge on any atom is -0.490 e. The number of aromatic nitrogens is 1. The van der Waals surface area contributed by atoms with Gasteiger partial charge in [0.25, 0.3) is 5.91 Å². The first kappa shape index (κ1) is 23.2.